The molecule has 12 heteroatoms. The van der Waals surface area contributed by atoms with Crippen LogP contribution in [0.5, 0.6) is 0 Å². The maximum absolute atomic E-state index is 12.7. The highest BCUT2D eigenvalue weighted by molar-refractivity contribution is 5.68. The fraction of sp³-hybridized carbons (Fsp3) is 0.350. The number of fused-ring (bicyclic) bond motifs is 1. The molecular weight excluding hydrogens is 429 g/mol. The van der Waals surface area contributed by atoms with E-state index in [2.05, 4.69) is 15.1 Å². The van der Waals surface area contributed by atoms with Crippen LogP contribution < -0.4 is 11.3 Å². The number of rotatable bonds is 4. The predicted molar refractivity (Wildman–Crippen MR) is 105 cm³/mol. The Morgan fingerprint density at radius 1 is 1.09 bits per heavy atom. The standard InChI is InChI=1S/C20H17F3N6O3/c1-27-9-24-17-16(27)18(30)28(10-25-17)8-15-26-29(19(31)32-15)14-6-12(7-14)11-2-4-13(5-3-11)20(21,22)23/h2-5,9-10,12,14H,6-8H2,1H3. The Bertz CT molecular complexity index is 1410. The van der Waals surface area contributed by atoms with Gasteiger partial charge in [0.05, 0.1) is 17.9 Å². The zero-order valence-corrected chi connectivity index (χ0v) is 16.8. The number of benzene rings is 1. The van der Waals surface area contributed by atoms with Crippen LogP contribution in [-0.4, -0.2) is 28.9 Å². The summed E-state index contributed by atoms with van der Waals surface area (Å²) >= 11 is 0. The van der Waals surface area contributed by atoms with Gasteiger partial charge in [-0.15, -0.1) is 5.10 Å². The lowest BCUT2D eigenvalue weighted by Gasteiger charge is -2.34. The molecule has 0 bridgehead atoms. The van der Waals surface area contributed by atoms with Gasteiger partial charge in [-0.2, -0.15) is 17.9 Å². The van der Waals surface area contributed by atoms with Gasteiger partial charge in [0, 0.05) is 7.05 Å². The minimum Gasteiger partial charge on any atom is -0.390 e. The largest absolute Gasteiger partial charge is 0.437 e. The Kier molecular flexibility index (Phi) is 4.53. The molecule has 32 heavy (non-hydrogen) atoms. The van der Waals surface area contributed by atoms with Crippen LogP contribution in [0.15, 0.2) is 50.9 Å². The molecule has 0 unspecified atom stereocenters. The number of halogens is 3. The molecule has 0 aliphatic heterocycles. The summed E-state index contributed by atoms with van der Waals surface area (Å²) in [5, 5.41) is 4.21. The number of nitrogens with zero attached hydrogens (tertiary/aromatic N) is 6. The van der Waals surface area contributed by atoms with Crippen molar-refractivity contribution in [2.75, 3.05) is 0 Å². The second-order valence-electron chi connectivity index (χ2n) is 7.85. The van der Waals surface area contributed by atoms with Crippen molar-refractivity contribution in [1.82, 2.24) is 28.9 Å². The highest BCUT2D eigenvalue weighted by Gasteiger charge is 2.35. The third-order valence-electron chi connectivity index (χ3n) is 5.79. The minimum absolute atomic E-state index is 0.0356. The molecular formula is C20H17F3N6O3. The zero-order chi connectivity index (χ0) is 22.6. The van der Waals surface area contributed by atoms with Crippen molar-refractivity contribution in [1.29, 1.82) is 0 Å². The van der Waals surface area contributed by atoms with E-state index in [9.17, 15) is 22.8 Å². The maximum atomic E-state index is 12.7. The number of aryl methyl sites for hydroxylation is 1. The van der Waals surface area contributed by atoms with Crippen LogP contribution in [0.3, 0.4) is 0 Å². The van der Waals surface area contributed by atoms with E-state index in [1.165, 1.54) is 34.0 Å². The van der Waals surface area contributed by atoms with Crippen LogP contribution in [0.1, 0.15) is 41.8 Å². The van der Waals surface area contributed by atoms with E-state index in [1.54, 1.807) is 11.6 Å². The van der Waals surface area contributed by atoms with Crippen molar-refractivity contribution in [3.63, 3.8) is 0 Å². The van der Waals surface area contributed by atoms with Gasteiger partial charge in [-0.05, 0) is 36.5 Å². The first-order chi connectivity index (χ1) is 15.2. The van der Waals surface area contributed by atoms with Crippen LogP contribution in [-0.2, 0) is 19.8 Å². The van der Waals surface area contributed by atoms with Crippen molar-refractivity contribution >= 4 is 11.2 Å². The molecule has 0 N–H and O–H groups in total. The SMILES string of the molecule is Cn1cnc2ncn(Cc3nn(C4CC(c5ccc(C(F)(F)F)cc5)C4)c(=O)o3)c(=O)c21. The molecule has 3 heterocycles. The first kappa shape index (κ1) is 20.2. The molecule has 1 aliphatic carbocycles. The summed E-state index contributed by atoms with van der Waals surface area (Å²) < 4.78 is 47.5. The molecule has 0 saturated heterocycles. The number of alkyl halides is 3. The highest BCUT2D eigenvalue weighted by atomic mass is 19.4. The van der Waals surface area contributed by atoms with Gasteiger partial charge in [0.15, 0.2) is 11.2 Å². The van der Waals surface area contributed by atoms with E-state index in [4.69, 9.17) is 4.42 Å². The van der Waals surface area contributed by atoms with Gasteiger partial charge in [-0.1, -0.05) is 12.1 Å². The number of hydrogen-bond donors (Lipinski definition) is 0. The van der Waals surface area contributed by atoms with Crippen LogP contribution >= 0.6 is 0 Å². The van der Waals surface area contributed by atoms with Gasteiger partial charge in [0.2, 0.25) is 5.89 Å². The number of hydrogen-bond acceptors (Lipinski definition) is 6. The van der Waals surface area contributed by atoms with Gasteiger partial charge >= 0.3 is 11.9 Å². The fourth-order valence-corrected chi connectivity index (χ4v) is 3.96. The van der Waals surface area contributed by atoms with Crippen LogP contribution in [0.25, 0.3) is 11.2 Å². The molecule has 1 fully saturated rings. The summed E-state index contributed by atoms with van der Waals surface area (Å²) in [6.45, 7) is -0.0652. The van der Waals surface area contributed by atoms with E-state index in [0.29, 0.717) is 24.0 Å². The highest BCUT2D eigenvalue weighted by Crippen LogP contribution is 2.44. The van der Waals surface area contributed by atoms with Gasteiger partial charge in [0.25, 0.3) is 5.56 Å². The average molecular weight is 446 g/mol. The van der Waals surface area contributed by atoms with Gasteiger partial charge < -0.3 is 8.98 Å². The third kappa shape index (κ3) is 3.41. The maximum Gasteiger partial charge on any atom is 0.437 e. The van der Waals surface area contributed by atoms with Crippen LogP contribution in [0.2, 0.25) is 0 Å². The molecule has 0 radical (unpaired) electrons. The summed E-state index contributed by atoms with van der Waals surface area (Å²) in [6.07, 6.45) is -0.452. The lowest BCUT2D eigenvalue weighted by atomic mass is 9.76. The molecule has 1 aliphatic rings. The Hall–Kier alpha value is -3.70. The molecule has 0 spiro atoms. The Labute approximate surface area is 177 Å². The van der Waals surface area contributed by atoms with Crippen molar-refractivity contribution in [2.24, 2.45) is 7.05 Å². The van der Waals surface area contributed by atoms with E-state index < -0.39 is 17.5 Å². The topological polar surface area (TPSA) is 101 Å². The Morgan fingerprint density at radius 2 is 1.78 bits per heavy atom. The molecule has 0 amide bonds. The van der Waals surface area contributed by atoms with E-state index >= 15 is 0 Å². The smallest absolute Gasteiger partial charge is 0.390 e. The minimum atomic E-state index is -4.37. The van der Waals surface area contributed by atoms with Crippen LogP contribution in [0.4, 0.5) is 13.2 Å². The molecule has 1 aromatic carbocycles. The summed E-state index contributed by atoms with van der Waals surface area (Å²) in [4.78, 5) is 33.0. The molecule has 4 aromatic rings. The normalized spacial score (nSPS) is 18.8. The summed E-state index contributed by atoms with van der Waals surface area (Å²) in [5.41, 5.74) is 0.409. The molecule has 3 aromatic heterocycles. The molecule has 0 atom stereocenters. The second-order valence-corrected chi connectivity index (χ2v) is 7.85. The van der Waals surface area contributed by atoms with Gasteiger partial charge in [-0.25, -0.2) is 14.8 Å². The summed E-state index contributed by atoms with van der Waals surface area (Å²) in [6, 6.07) is 4.84. The third-order valence-corrected chi connectivity index (χ3v) is 5.79. The molecule has 5 rings (SSSR count). The fourth-order valence-electron chi connectivity index (χ4n) is 3.96. The molecule has 1 saturated carbocycles. The zero-order valence-electron chi connectivity index (χ0n) is 16.8. The second kappa shape index (κ2) is 7.18. The summed E-state index contributed by atoms with van der Waals surface area (Å²) in [5.74, 6) is -0.537. The van der Waals surface area contributed by atoms with Crippen molar-refractivity contribution < 1.29 is 17.6 Å². The first-order valence-electron chi connectivity index (χ1n) is 9.83. The number of imidazole rings is 1. The van der Waals surface area contributed by atoms with E-state index in [1.807, 2.05) is 0 Å². The van der Waals surface area contributed by atoms with Crippen molar-refractivity contribution in [3.8, 4) is 0 Å². The van der Waals surface area contributed by atoms with Crippen LogP contribution in [0, 0.1) is 0 Å². The predicted octanol–water partition coefficient (Wildman–Crippen LogP) is 2.47. The first-order valence-corrected chi connectivity index (χ1v) is 9.83. The quantitative estimate of drug-likeness (QED) is 0.478. The Balaban J connectivity index is 1.30. The van der Waals surface area contributed by atoms with Gasteiger partial charge in [-0.3, -0.25) is 9.36 Å². The lowest BCUT2D eigenvalue weighted by Crippen LogP contribution is -2.32. The number of aromatic nitrogens is 6. The lowest BCUT2D eigenvalue weighted by molar-refractivity contribution is -0.137. The van der Waals surface area contributed by atoms with Gasteiger partial charge in [0.1, 0.15) is 12.9 Å². The Morgan fingerprint density at radius 3 is 2.47 bits per heavy atom. The monoisotopic (exact) mass is 446 g/mol. The molecule has 166 valence electrons. The van der Waals surface area contributed by atoms with Crippen molar-refractivity contribution in [3.05, 3.63) is 74.8 Å². The summed E-state index contributed by atoms with van der Waals surface area (Å²) in [7, 11) is 1.68. The van der Waals surface area contributed by atoms with E-state index in [0.717, 1.165) is 17.7 Å². The van der Waals surface area contributed by atoms with Crippen molar-refractivity contribution in [2.45, 2.75) is 37.5 Å². The average Bonchev–Trinajstić information content (AvgIpc) is 3.26. The molecule has 9 nitrogen and oxygen atoms in total. The van der Waals surface area contributed by atoms with E-state index in [-0.39, 0.29) is 30.0 Å².